The summed E-state index contributed by atoms with van der Waals surface area (Å²) in [7, 11) is 0. The molecule has 0 saturated heterocycles. The third-order valence-electron chi connectivity index (χ3n) is 0.902. The molecule has 0 bridgehead atoms. The fraction of sp³-hybridized carbons (Fsp3) is 0.429. The van der Waals surface area contributed by atoms with Crippen molar-refractivity contribution in [2.24, 2.45) is 4.99 Å². The topological polar surface area (TPSA) is 29.4 Å². The molecular formula is C7H11NO. The number of hydrogen-bond donors (Lipinski definition) is 0. The highest BCUT2D eigenvalue weighted by atomic mass is 16.1. The summed E-state index contributed by atoms with van der Waals surface area (Å²) in [6.07, 6.45) is 3.30. The van der Waals surface area contributed by atoms with E-state index in [1.165, 1.54) is 6.92 Å². The zero-order valence-corrected chi connectivity index (χ0v) is 6.01. The van der Waals surface area contributed by atoms with E-state index in [0.717, 1.165) is 0 Å². The Labute approximate surface area is 55.3 Å². The van der Waals surface area contributed by atoms with Gasteiger partial charge in [0.05, 0.1) is 0 Å². The molecule has 0 aliphatic carbocycles. The van der Waals surface area contributed by atoms with Gasteiger partial charge in [0.1, 0.15) is 5.70 Å². The average molecular weight is 125 g/mol. The Bertz CT molecular complexity index is 156. The van der Waals surface area contributed by atoms with E-state index in [-0.39, 0.29) is 5.78 Å². The molecule has 0 atom stereocenters. The van der Waals surface area contributed by atoms with Crippen LogP contribution in [0.15, 0.2) is 16.8 Å². The van der Waals surface area contributed by atoms with Crippen molar-refractivity contribution in [1.29, 1.82) is 0 Å². The number of aliphatic imine (C=N–C) groups is 1. The van der Waals surface area contributed by atoms with E-state index in [2.05, 4.69) is 4.99 Å². The first-order chi connectivity index (χ1) is 4.22. The highest BCUT2D eigenvalue weighted by molar-refractivity contribution is 5.94. The molecule has 50 valence electrons. The van der Waals surface area contributed by atoms with Gasteiger partial charge in [0.25, 0.3) is 0 Å². The smallest absolute Gasteiger partial charge is 0.177 e. The van der Waals surface area contributed by atoms with E-state index in [9.17, 15) is 4.79 Å². The van der Waals surface area contributed by atoms with Crippen molar-refractivity contribution >= 4 is 12.0 Å². The minimum atomic E-state index is 0.00981. The lowest BCUT2D eigenvalue weighted by Gasteiger charge is -1.89. The minimum absolute atomic E-state index is 0.00981. The van der Waals surface area contributed by atoms with Crippen LogP contribution < -0.4 is 0 Å². The molecular weight excluding hydrogens is 114 g/mol. The summed E-state index contributed by atoms with van der Waals surface area (Å²) in [4.78, 5) is 14.4. The fourth-order valence-electron chi connectivity index (χ4n) is 0.508. The van der Waals surface area contributed by atoms with Crippen LogP contribution in [0.3, 0.4) is 0 Å². The molecule has 2 nitrogen and oxygen atoms in total. The Kier molecular flexibility index (Phi) is 3.60. The lowest BCUT2D eigenvalue weighted by Crippen LogP contribution is -1.91. The number of allylic oxidation sites excluding steroid dienone is 2. The molecule has 0 saturated carbocycles. The maximum Gasteiger partial charge on any atom is 0.177 e. The summed E-state index contributed by atoms with van der Waals surface area (Å²) in [5.41, 5.74) is 0.525. The van der Waals surface area contributed by atoms with Crippen molar-refractivity contribution in [2.45, 2.75) is 20.8 Å². The van der Waals surface area contributed by atoms with Gasteiger partial charge in [0, 0.05) is 13.1 Å². The van der Waals surface area contributed by atoms with Crippen LogP contribution in [-0.2, 0) is 4.79 Å². The van der Waals surface area contributed by atoms with Gasteiger partial charge in [-0.1, -0.05) is 6.08 Å². The number of nitrogens with zero attached hydrogens (tertiary/aromatic N) is 1. The fourth-order valence-corrected chi connectivity index (χ4v) is 0.508. The monoisotopic (exact) mass is 125 g/mol. The Morgan fingerprint density at radius 2 is 2.00 bits per heavy atom. The van der Waals surface area contributed by atoms with Crippen LogP contribution in [0.25, 0.3) is 0 Å². The molecule has 0 fully saturated rings. The van der Waals surface area contributed by atoms with Crippen molar-refractivity contribution in [1.82, 2.24) is 0 Å². The van der Waals surface area contributed by atoms with Gasteiger partial charge in [0.15, 0.2) is 5.78 Å². The number of carbonyl (C=O) groups is 1. The summed E-state index contributed by atoms with van der Waals surface area (Å²) >= 11 is 0. The van der Waals surface area contributed by atoms with Crippen molar-refractivity contribution in [3.8, 4) is 0 Å². The number of rotatable bonds is 2. The van der Waals surface area contributed by atoms with Gasteiger partial charge in [-0.3, -0.25) is 9.79 Å². The normalized spacial score (nSPS) is 12.6. The number of carbonyl (C=O) groups excluding carboxylic acids is 1. The van der Waals surface area contributed by atoms with Gasteiger partial charge in [-0.05, 0) is 13.8 Å². The minimum Gasteiger partial charge on any atom is -0.293 e. The van der Waals surface area contributed by atoms with Crippen LogP contribution in [0.2, 0.25) is 0 Å². The molecule has 0 radical (unpaired) electrons. The largest absolute Gasteiger partial charge is 0.293 e. The Hall–Kier alpha value is -0.920. The second-order valence-corrected chi connectivity index (χ2v) is 1.62. The molecule has 0 aliphatic heterocycles. The van der Waals surface area contributed by atoms with Crippen LogP contribution in [0.1, 0.15) is 20.8 Å². The van der Waals surface area contributed by atoms with Crippen LogP contribution in [0.5, 0.6) is 0 Å². The standard InChI is InChI=1S/C7H11NO/c1-4-7(6(3)9)8-5-2/h4-5H,1-3H3/b7-4-,8-5?. The molecule has 0 aromatic heterocycles. The van der Waals surface area contributed by atoms with E-state index < -0.39 is 0 Å². The summed E-state index contributed by atoms with van der Waals surface area (Å²) in [6, 6.07) is 0. The second kappa shape index (κ2) is 4.01. The Balaban J connectivity index is 4.19. The van der Waals surface area contributed by atoms with Crippen molar-refractivity contribution in [3.63, 3.8) is 0 Å². The first-order valence-corrected chi connectivity index (χ1v) is 2.88. The summed E-state index contributed by atoms with van der Waals surface area (Å²) in [5, 5.41) is 0. The van der Waals surface area contributed by atoms with Crippen LogP contribution in [0, 0.1) is 0 Å². The van der Waals surface area contributed by atoms with Gasteiger partial charge in [-0.2, -0.15) is 0 Å². The first-order valence-electron chi connectivity index (χ1n) is 2.88. The first kappa shape index (κ1) is 8.08. The molecule has 2 heteroatoms. The van der Waals surface area contributed by atoms with E-state index in [4.69, 9.17) is 0 Å². The third kappa shape index (κ3) is 2.80. The number of hydrogen-bond acceptors (Lipinski definition) is 2. The Morgan fingerprint density at radius 3 is 2.11 bits per heavy atom. The maximum absolute atomic E-state index is 10.6. The number of Topliss-reactive ketones (excluding diaryl/α,β-unsaturated/α-hetero) is 1. The predicted octanol–water partition coefficient (Wildman–Crippen LogP) is 1.57. The van der Waals surface area contributed by atoms with Crippen molar-refractivity contribution in [3.05, 3.63) is 11.8 Å². The zero-order valence-electron chi connectivity index (χ0n) is 6.01. The van der Waals surface area contributed by atoms with Crippen LogP contribution in [0.4, 0.5) is 0 Å². The summed E-state index contributed by atoms with van der Waals surface area (Å²) in [5.74, 6) is 0.00981. The van der Waals surface area contributed by atoms with Gasteiger partial charge < -0.3 is 0 Å². The molecule has 0 heterocycles. The Morgan fingerprint density at radius 1 is 1.44 bits per heavy atom. The predicted molar refractivity (Wildman–Crippen MR) is 38.6 cm³/mol. The highest BCUT2D eigenvalue weighted by Crippen LogP contribution is 1.95. The lowest BCUT2D eigenvalue weighted by molar-refractivity contribution is -0.113. The molecule has 0 spiro atoms. The van der Waals surface area contributed by atoms with Crippen LogP contribution in [-0.4, -0.2) is 12.0 Å². The quantitative estimate of drug-likeness (QED) is 0.407. The maximum atomic E-state index is 10.6. The van der Waals surface area contributed by atoms with Gasteiger partial charge in [-0.15, -0.1) is 0 Å². The van der Waals surface area contributed by atoms with E-state index in [1.54, 1.807) is 26.1 Å². The van der Waals surface area contributed by atoms with Crippen molar-refractivity contribution < 1.29 is 4.79 Å². The molecule has 9 heavy (non-hydrogen) atoms. The van der Waals surface area contributed by atoms with Crippen molar-refractivity contribution in [2.75, 3.05) is 0 Å². The molecule has 0 aromatic rings. The average Bonchev–Trinajstić information content (AvgIpc) is 1.82. The molecule has 0 amide bonds. The molecule has 0 N–H and O–H groups in total. The highest BCUT2D eigenvalue weighted by Gasteiger charge is 1.95. The molecule has 0 unspecified atom stereocenters. The lowest BCUT2D eigenvalue weighted by atomic mass is 10.3. The zero-order chi connectivity index (χ0) is 7.28. The summed E-state index contributed by atoms with van der Waals surface area (Å²) < 4.78 is 0. The van der Waals surface area contributed by atoms with E-state index >= 15 is 0 Å². The van der Waals surface area contributed by atoms with Gasteiger partial charge >= 0.3 is 0 Å². The summed E-state index contributed by atoms with van der Waals surface area (Å²) in [6.45, 7) is 5.08. The SMILES string of the molecule is CC=N/C(=C\C)C(C)=O. The van der Waals surface area contributed by atoms with Crippen LogP contribution >= 0.6 is 0 Å². The molecule has 0 rings (SSSR count). The number of ketones is 1. The van der Waals surface area contributed by atoms with E-state index in [0.29, 0.717) is 5.70 Å². The molecule has 0 aliphatic rings. The van der Waals surface area contributed by atoms with Gasteiger partial charge in [0.2, 0.25) is 0 Å². The molecule has 0 aromatic carbocycles. The second-order valence-electron chi connectivity index (χ2n) is 1.62. The van der Waals surface area contributed by atoms with Gasteiger partial charge in [-0.25, -0.2) is 0 Å². The third-order valence-corrected chi connectivity index (χ3v) is 0.902. The van der Waals surface area contributed by atoms with E-state index in [1.807, 2.05) is 0 Å².